The number of nitrogens with zero attached hydrogens (tertiary/aromatic N) is 2. The summed E-state index contributed by atoms with van der Waals surface area (Å²) in [6.07, 6.45) is 3.31. The van der Waals surface area contributed by atoms with E-state index in [0.29, 0.717) is 29.8 Å². The number of esters is 1. The Bertz CT molecular complexity index is 1400. The number of rotatable bonds is 7. The van der Waals surface area contributed by atoms with Crippen LogP contribution in [0.2, 0.25) is 5.02 Å². The van der Waals surface area contributed by atoms with Gasteiger partial charge in [0.05, 0.1) is 33.0 Å². The summed E-state index contributed by atoms with van der Waals surface area (Å²) in [5, 5.41) is 11.4. The van der Waals surface area contributed by atoms with Gasteiger partial charge in [0.25, 0.3) is 0 Å². The molecule has 0 aromatic heterocycles. The van der Waals surface area contributed by atoms with Crippen LogP contribution >= 0.6 is 11.6 Å². The van der Waals surface area contributed by atoms with Gasteiger partial charge in [0.2, 0.25) is 17.6 Å². The number of carbonyl (C=O) groups excluding carboxylic acids is 3. The Morgan fingerprint density at radius 3 is 2.29 bits per heavy atom. The molecule has 2 aliphatic rings. The normalized spacial score (nSPS) is 18.7. The number of amides is 2. The van der Waals surface area contributed by atoms with E-state index in [1.807, 2.05) is 0 Å². The molecular formula is C28H23ClN2O7. The number of hydrogen-bond acceptors (Lipinski definition) is 7. The minimum absolute atomic E-state index is 0.0404. The van der Waals surface area contributed by atoms with Gasteiger partial charge in [-0.3, -0.25) is 24.6 Å². The standard InChI is InChI=1S/C28H23ClN2O7/c29-23-9-4-10-24(31(35)36)25(23)38-20-13-11-17(12-14-20)16-37-28(34)18-5-3-6-19(15-18)30-26(32)21-7-1-2-8-22(21)27(30)33/h3-6,9-15,21-22H,1-2,7-8,16H2/t21-,22-/m0/s1. The van der Waals surface area contributed by atoms with Crippen molar-refractivity contribution >= 4 is 40.8 Å². The summed E-state index contributed by atoms with van der Waals surface area (Å²) in [5.74, 6) is -1.29. The van der Waals surface area contributed by atoms with Crippen LogP contribution in [-0.2, 0) is 20.9 Å². The van der Waals surface area contributed by atoms with Crippen LogP contribution < -0.4 is 9.64 Å². The molecule has 2 amide bonds. The first kappa shape index (κ1) is 25.4. The van der Waals surface area contributed by atoms with Crippen molar-refractivity contribution < 1.29 is 28.8 Å². The van der Waals surface area contributed by atoms with E-state index in [-0.39, 0.29) is 52.3 Å². The van der Waals surface area contributed by atoms with Crippen molar-refractivity contribution in [3.63, 3.8) is 0 Å². The summed E-state index contributed by atoms with van der Waals surface area (Å²) in [5.41, 5.74) is 1.00. The third-order valence-corrected chi connectivity index (χ3v) is 7.13. The van der Waals surface area contributed by atoms with E-state index in [0.717, 1.165) is 12.8 Å². The second-order valence-electron chi connectivity index (χ2n) is 9.23. The lowest BCUT2D eigenvalue weighted by atomic mass is 9.81. The molecule has 1 aliphatic heterocycles. The lowest BCUT2D eigenvalue weighted by Gasteiger charge is -2.19. The van der Waals surface area contributed by atoms with Crippen LogP contribution in [0.1, 0.15) is 41.6 Å². The summed E-state index contributed by atoms with van der Waals surface area (Å²) >= 11 is 6.07. The molecule has 194 valence electrons. The first-order chi connectivity index (χ1) is 18.3. The van der Waals surface area contributed by atoms with Gasteiger partial charge in [-0.05, 0) is 54.8 Å². The number of hydrogen-bond donors (Lipinski definition) is 0. The molecule has 9 nitrogen and oxygen atoms in total. The highest BCUT2D eigenvalue weighted by molar-refractivity contribution is 6.32. The largest absolute Gasteiger partial charge is 0.457 e. The zero-order chi connectivity index (χ0) is 26.8. The van der Waals surface area contributed by atoms with Crippen molar-refractivity contribution in [1.29, 1.82) is 0 Å². The fourth-order valence-electron chi connectivity index (χ4n) is 4.93. The summed E-state index contributed by atoms with van der Waals surface area (Å²) in [4.78, 5) is 50.4. The SMILES string of the molecule is O=C(OCc1ccc(Oc2c(Cl)cccc2[N+](=O)[O-])cc1)c1cccc(N2C(=O)[C@H]3CCCC[C@@H]3C2=O)c1. The van der Waals surface area contributed by atoms with Gasteiger partial charge in [0, 0.05) is 6.07 Å². The van der Waals surface area contributed by atoms with Gasteiger partial charge in [0.15, 0.2) is 0 Å². The van der Waals surface area contributed by atoms with Gasteiger partial charge < -0.3 is 9.47 Å². The average Bonchev–Trinajstić information content (AvgIpc) is 3.18. The Balaban J connectivity index is 1.23. The summed E-state index contributed by atoms with van der Waals surface area (Å²) in [7, 11) is 0. The summed E-state index contributed by atoms with van der Waals surface area (Å²) in [6.45, 7) is -0.0404. The Hall–Kier alpha value is -4.24. The molecule has 3 aromatic carbocycles. The molecule has 10 heteroatoms. The minimum atomic E-state index is -0.602. The molecule has 0 spiro atoms. The average molecular weight is 535 g/mol. The van der Waals surface area contributed by atoms with Crippen LogP contribution in [0.3, 0.4) is 0 Å². The molecule has 2 atom stereocenters. The molecule has 0 N–H and O–H groups in total. The molecule has 5 rings (SSSR count). The van der Waals surface area contributed by atoms with Crippen LogP contribution in [0.15, 0.2) is 66.7 Å². The molecule has 1 aliphatic carbocycles. The van der Waals surface area contributed by atoms with Crippen LogP contribution in [0.25, 0.3) is 0 Å². The zero-order valence-electron chi connectivity index (χ0n) is 20.2. The van der Waals surface area contributed by atoms with Gasteiger partial charge in [-0.25, -0.2) is 4.79 Å². The number of fused-ring (bicyclic) bond motifs is 1. The number of imide groups is 1. The number of ether oxygens (including phenoxy) is 2. The predicted octanol–water partition coefficient (Wildman–Crippen LogP) is 6.08. The van der Waals surface area contributed by atoms with Gasteiger partial charge >= 0.3 is 11.7 Å². The van der Waals surface area contributed by atoms with Crippen molar-refractivity contribution in [3.05, 3.63) is 93.0 Å². The molecule has 3 aromatic rings. The molecule has 38 heavy (non-hydrogen) atoms. The van der Waals surface area contributed by atoms with Gasteiger partial charge in [-0.15, -0.1) is 0 Å². The van der Waals surface area contributed by atoms with Crippen molar-refractivity contribution in [1.82, 2.24) is 0 Å². The number of benzene rings is 3. The van der Waals surface area contributed by atoms with Crippen LogP contribution in [0.4, 0.5) is 11.4 Å². The Morgan fingerprint density at radius 2 is 1.63 bits per heavy atom. The minimum Gasteiger partial charge on any atom is -0.457 e. The zero-order valence-corrected chi connectivity index (χ0v) is 20.9. The number of nitro benzene ring substituents is 1. The highest BCUT2D eigenvalue weighted by Gasteiger charge is 2.48. The summed E-state index contributed by atoms with van der Waals surface area (Å²) in [6, 6.07) is 17.1. The highest BCUT2D eigenvalue weighted by atomic mass is 35.5. The van der Waals surface area contributed by atoms with Gasteiger partial charge in [0.1, 0.15) is 12.4 Å². The van der Waals surface area contributed by atoms with Crippen molar-refractivity contribution in [2.75, 3.05) is 4.90 Å². The van der Waals surface area contributed by atoms with E-state index < -0.39 is 10.9 Å². The van der Waals surface area contributed by atoms with E-state index in [1.54, 1.807) is 42.5 Å². The van der Waals surface area contributed by atoms with E-state index in [9.17, 15) is 24.5 Å². The molecule has 2 fully saturated rings. The van der Waals surface area contributed by atoms with Gasteiger partial charge in [-0.1, -0.05) is 48.7 Å². The molecule has 0 radical (unpaired) electrons. The van der Waals surface area contributed by atoms with Crippen molar-refractivity contribution in [2.45, 2.75) is 32.3 Å². The number of anilines is 1. The second kappa shape index (κ2) is 10.6. The van der Waals surface area contributed by atoms with E-state index >= 15 is 0 Å². The second-order valence-corrected chi connectivity index (χ2v) is 9.63. The molecule has 1 saturated heterocycles. The molecule has 1 saturated carbocycles. The van der Waals surface area contributed by atoms with E-state index in [4.69, 9.17) is 21.1 Å². The lowest BCUT2D eigenvalue weighted by molar-refractivity contribution is -0.385. The number of para-hydroxylation sites is 1. The van der Waals surface area contributed by atoms with Crippen LogP contribution in [0.5, 0.6) is 11.5 Å². The van der Waals surface area contributed by atoms with E-state index in [1.165, 1.54) is 29.2 Å². The molecule has 0 unspecified atom stereocenters. The monoisotopic (exact) mass is 534 g/mol. The van der Waals surface area contributed by atoms with Gasteiger partial charge in [-0.2, -0.15) is 0 Å². The maximum absolute atomic E-state index is 12.9. The predicted molar refractivity (Wildman–Crippen MR) is 138 cm³/mol. The number of halogens is 1. The number of carbonyl (C=O) groups is 3. The molecular weight excluding hydrogens is 512 g/mol. The number of nitro groups is 1. The Labute approximate surface area is 223 Å². The summed E-state index contributed by atoms with van der Waals surface area (Å²) < 4.78 is 11.1. The topological polar surface area (TPSA) is 116 Å². The fraction of sp³-hybridized carbons (Fsp3) is 0.250. The third-order valence-electron chi connectivity index (χ3n) is 6.84. The first-order valence-corrected chi connectivity index (χ1v) is 12.6. The quantitative estimate of drug-likeness (QED) is 0.156. The molecule has 1 heterocycles. The van der Waals surface area contributed by atoms with Crippen molar-refractivity contribution in [3.8, 4) is 11.5 Å². The van der Waals surface area contributed by atoms with Crippen LogP contribution in [0, 0.1) is 22.0 Å². The smallest absolute Gasteiger partial charge is 0.338 e. The van der Waals surface area contributed by atoms with E-state index in [2.05, 4.69) is 0 Å². The fourth-order valence-corrected chi connectivity index (χ4v) is 5.14. The maximum atomic E-state index is 12.9. The first-order valence-electron chi connectivity index (χ1n) is 12.2. The lowest BCUT2D eigenvalue weighted by Crippen LogP contribution is -2.31. The van der Waals surface area contributed by atoms with Crippen LogP contribution in [-0.4, -0.2) is 22.7 Å². The van der Waals surface area contributed by atoms with Crippen molar-refractivity contribution in [2.24, 2.45) is 11.8 Å². The Morgan fingerprint density at radius 1 is 0.974 bits per heavy atom. The maximum Gasteiger partial charge on any atom is 0.338 e. The molecule has 0 bridgehead atoms. The highest BCUT2D eigenvalue weighted by Crippen LogP contribution is 2.40. The third kappa shape index (κ3) is 4.97. The Kier molecular flexibility index (Phi) is 7.11.